The second kappa shape index (κ2) is 7.46. The van der Waals surface area contributed by atoms with Crippen molar-refractivity contribution in [3.05, 3.63) is 83.6 Å². The van der Waals surface area contributed by atoms with Crippen LogP contribution in [0.2, 0.25) is 5.02 Å². The molecule has 0 saturated heterocycles. The Balaban J connectivity index is 1.75. The summed E-state index contributed by atoms with van der Waals surface area (Å²) in [7, 11) is -3.66. The van der Waals surface area contributed by atoms with Crippen LogP contribution in [-0.2, 0) is 10.0 Å². The van der Waals surface area contributed by atoms with Crippen LogP contribution in [0.1, 0.15) is 5.56 Å². The van der Waals surface area contributed by atoms with Crippen molar-refractivity contribution in [1.29, 1.82) is 0 Å². The Morgan fingerprint density at radius 1 is 1.04 bits per heavy atom. The summed E-state index contributed by atoms with van der Waals surface area (Å²) in [6, 6.07) is 16.9. The molecule has 3 aromatic rings. The van der Waals surface area contributed by atoms with Crippen LogP contribution in [0.4, 0.5) is 11.4 Å². The van der Waals surface area contributed by atoms with E-state index in [1.54, 1.807) is 48.8 Å². The molecule has 1 N–H and O–H groups in total. The highest BCUT2D eigenvalue weighted by molar-refractivity contribution is 7.92. The van der Waals surface area contributed by atoms with Crippen LogP contribution in [0.25, 0.3) is 0 Å². The number of aliphatic imine (C=N–C) groups is 1. The van der Waals surface area contributed by atoms with E-state index in [9.17, 15) is 8.42 Å². The topological polar surface area (TPSA) is 71.4 Å². The molecular formula is C18H14ClN3O2S. The summed E-state index contributed by atoms with van der Waals surface area (Å²) in [5, 5.41) is 0.631. The standard InChI is InChI=1S/C18H14ClN3O2S/c19-15-4-1-3-14(11-15)12-21-16-6-8-18(9-7-16)25(23,24)22-17-5-2-10-20-13-17/h1-13,22H. The molecule has 0 unspecified atom stereocenters. The molecule has 0 fully saturated rings. The fourth-order valence-electron chi connectivity index (χ4n) is 2.08. The zero-order valence-electron chi connectivity index (χ0n) is 13.0. The first-order valence-corrected chi connectivity index (χ1v) is 9.22. The van der Waals surface area contributed by atoms with Crippen molar-refractivity contribution in [2.24, 2.45) is 4.99 Å². The van der Waals surface area contributed by atoms with E-state index >= 15 is 0 Å². The van der Waals surface area contributed by atoms with Crippen molar-refractivity contribution >= 4 is 39.2 Å². The summed E-state index contributed by atoms with van der Waals surface area (Å²) in [5.41, 5.74) is 1.91. The Bertz CT molecular complexity index is 988. The third-order valence-corrected chi connectivity index (χ3v) is 4.90. The molecule has 3 rings (SSSR count). The van der Waals surface area contributed by atoms with Gasteiger partial charge in [0.1, 0.15) is 0 Å². The molecule has 25 heavy (non-hydrogen) atoms. The Morgan fingerprint density at radius 2 is 1.84 bits per heavy atom. The normalized spacial score (nSPS) is 11.6. The van der Waals surface area contributed by atoms with Crippen LogP contribution in [0.3, 0.4) is 0 Å². The summed E-state index contributed by atoms with van der Waals surface area (Å²) in [4.78, 5) is 8.35. The Kier molecular flexibility index (Phi) is 5.11. The lowest BCUT2D eigenvalue weighted by atomic mass is 10.2. The van der Waals surface area contributed by atoms with E-state index in [1.165, 1.54) is 18.3 Å². The number of nitrogens with one attached hydrogen (secondary N) is 1. The van der Waals surface area contributed by atoms with Gasteiger partial charge in [-0.2, -0.15) is 0 Å². The number of hydrogen-bond acceptors (Lipinski definition) is 4. The lowest BCUT2D eigenvalue weighted by Crippen LogP contribution is -2.12. The number of anilines is 1. The Hall–Kier alpha value is -2.70. The first kappa shape index (κ1) is 17.1. The van der Waals surface area contributed by atoms with Crippen LogP contribution < -0.4 is 4.72 Å². The number of nitrogens with zero attached hydrogens (tertiary/aromatic N) is 2. The van der Waals surface area contributed by atoms with Crippen molar-refractivity contribution < 1.29 is 8.42 Å². The zero-order chi connectivity index (χ0) is 17.7. The maximum absolute atomic E-state index is 12.3. The molecule has 0 aliphatic rings. The van der Waals surface area contributed by atoms with Gasteiger partial charge in [0.05, 0.1) is 22.5 Å². The first-order valence-electron chi connectivity index (χ1n) is 7.35. The van der Waals surface area contributed by atoms with E-state index < -0.39 is 10.0 Å². The number of sulfonamides is 1. The van der Waals surface area contributed by atoms with Gasteiger partial charge in [-0.25, -0.2) is 8.42 Å². The van der Waals surface area contributed by atoms with Crippen LogP contribution in [-0.4, -0.2) is 19.6 Å². The SMILES string of the molecule is O=S(=O)(Nc1cccnc1)c1ccc(N=Cc2cccc(Cl)c2)cc1. The van der Waals surface area contributed by atoms with Gasteiger partial charge in [0.15, 0.2) is 0 Å². The molecule has 2 aromatic carbocycles. The second-order valence-corrected chi connectivity index (χ2v) is 7.27. The highest BCUT2D eigenvalue weighted by Gasteiger charge is 2.13. The maximum atomic E-state index is 12.3. The van der Waals surface area contributed by atoms with Gasteiger partial charge in [-0.15, -0.1) is 0 Å². The number of benzene rings is 2. The average Bonchev–Trinajstić information content (AvgIpc) is 2.61. The molecule has 0 radical (unpaired) electrons. The predicted octanol–water partition coefficient (Wildman–Crippen LogP) is 4.29. The number of aromatic nitrogens is 1. The predicted molar refractivity (Wildman–Crippen MR) is 100 cm³/mol. The molecule has 0 amide bonds. The molecule has 0 spiro atoms. The summed E-state index contributed by atoms with van der Waals surface area (Å²) in [5.74, 6) is 0. The van der Waals surface area contributed by atoms with Crippen LogP contribution in [0.15, 0.2) is 82.9 Å². The van der Waals surface area contributed by atoms with E-state index in [2.05, 4.69) is 14.7 Å². The van der Waals surface area contributed by atoms with Gasteiger partial charge in [-0.1, -0.05) is 23.7 Å². The smallest absolute Gasteiger partial charge is 0.261 e. The number of rotatable bonds is 5. The molecule has 1 heterocycles. The molecule has 1 aromatic heterocycles. The molecule has 0 aliphatic heterocycles. The third-order valence-electron chi connectivity index (χ3n) is 3.27. The summed E-state index contributed by atoms with van der Waals surface area (Å²) in [6.45, 7) is 0. The van der Waals surface area contributed by atoms with Gasteiger partial charge < -0.3 is 0 Å². The Labute approximate surface area is 151 Å². The van der Waals surface area contributed by atoms with Gasteiger partial charge in [0, 0.05) is 17.4 Å². The summed E-state index contributed by atoms with van der Waals surface area (Å²) in [6.07, 6.45) is 4.69. The van der Waals surface area contributed by atoms with Gasteiger partial charge >= 0.3 is 0 Å². The molecule has 5 nitrogen and oxygen atoms in total. The van der Waals surface area contributed by atoms with Crippen molar-refractivity contribution in [3.63, 3.8) is 0 Å². The van der Waals surface area contributed by atoms with E-state index in [1.807, 2.05) is 12.1 Å². The van der Waals surface area contributed by atoms with Crippen molar-refractivity contribution in [3.8, 4) is 0 Å². The second-order valence-electron chi connectivity index (χ2n) is 5.15. The zero-order valence-corrected chi connectivity index (χ0v) is 14.6. The fraction of sp³-hybridized carbons (Fsp3) is 0. The van der Waals surface area contributed by atoms with Crippen LogP contribution >= 0.6 is 11.6 Å². The van der Waals surface area contributed by atoms with E-state index in [-0.39, 0.29) is 4.90 Å². The third kappa shape index (κ3) is 4.65. The highest BCUT2D eigenvalue weighted by atomic mass is 35.5. The lowest BCUT2D eigenvalue weighted by molar-refractivity contribution is 0.601. The van der Waals surface area contributed by atoms with Crippen LogP contribution in [0.5, 0.6) is 0 Å². The molecule has 0 aliphatic carbocycles. The summed E-state index contributed by atoms with van der Waals surface area (Å²) < 4.78 is 27.2. The van der Waals surface area contributed by atoms with Gasteiger partial charge in [-0.05, 0) is 54.1 Å². The van der Waals surface area contributed by atoms with E-state index in [0.29, 0.717) is 16.4 Å². The number of pyridine rings is 1. The van der Waals surface area contributed by atoms with Crippen molar-refractivity contribution in [2.45, 2.75) is 4.90 Å². The molecule has 126 valence electrons. The van der Waals surface area contributed by atoms with Crippen molar-refractivity contribution in [2.75, 3.05) is 4.72 Å². The molecular weight excluding hydrogens is 358 g/mol. The van der Waals surface area contributed by atoms with Crippen LogP contribution in [0, 0.1) is 0 Å². The summed E-state index contributed by atoms with van der Waals surface area (Å²) >= 11 is 5.92. The quantitative estimate of drug-likeness (QED) is 0.680. The maximum Gasteiger partial charge on any atom is 0.261 e. The Morgan fingerprint density at radius 3 is 2.52 bits per heavy atom. The van der Waals surface area contributed by atoms with Crippen molar-refractivity contribution in [1.82, 2.24) is 4.98 Å². The first-order chi connectivity index (χ1) is 12.0. The average molecular weight is 372 g/mol. The molecule has 0 bridgehead atoms. The lowest BCUT2D eigenvalue weighted by Gasteiger charge is -2.07. The van der Waals surface area contributed by atoms with Gasteiger partial charge in [-0.3, -0.25) is 14.7 Å². The molecule has 0 saturated carbocycles. The minimum atomic E-state index is -3.66. The van der Waals surface area contributed by atoms with Gasteiger partial charge in [0.25, 0.3) is 10.0 Å². The highest BCUT2D eigenvalue weighted by Crippen LogP contribution is 2.19. The molecule has 7 heteroatoms. The molecule has 0 atom stereocenters. The largest absolute Gasteiger partial charge is 0.278 e. The van der Waals surface area contributed by atoms with E-state index in [0.717, 1.165) is 5.56 Å². The monoisotopic (exact) mass is 371 g/mol. The number of hydrogen-bond donors (Lipinski definition) is 1. The minimum Gasteiger partial charge on any atom is -0.278 e. The van der Waals surface area contributed by atoms with Gasteiger partial charge in [0.2, 0.25) is 0 Å². The number of halogens is 1. The minimum absolute atomic E-state index is 0.151. The van der Waals surface area contributed by atoms with E-state index in [4.69, 9.17) is 11.6 Å². The fourth-order valence-corrected chi connectivity index (χ4v) is 3.33.